The van der Waals surface area contributed by atoms with Crippen LogP contribution in [0, 0.1) is 0 Å². The number of hydrogen-bond donors (Lipinski definition) is 0. The lowest BCUT2D eigenvalue weighted by Crippen LogP contribution is -2.02. The van der Waals surface area contributed by atoms with Gasteiger partial charge in [0.05, 0.1) is 11.8 Å². The van der Waals surface area contributed by atoms with Gasteiger partial charge in [-0.15, -0.1) is 15.3 Å². The van der Waals surface area contributed by atoms with Crippen LogP contribution in [0.4, 0.5) is 0 Å². The minimum atomic E-state index is 0.203. The largest absolute Gasteiger partial charge is 0.484 e. The van der Waals surface area contributed by atoms with Crippen molar-refractivity contribution < 1.29 is 9.15 Å². The Morgan fingerprint density at radius 3 is 2.83 bits per heavy atom. The van der Waals surface area contributed by atoms with Crippen molar-refractivity contribution in [1.29, 1.82) is 0 Å². The van der Waals surface area contributed by atoms with Crippen LogP contribution in [0.5, 0.6) is 5.75 Å². The van der Waals surface area contributed by atoms with Gasteiger partial charge in [-0.1, -0.05) is 23.4 Å². The summed E-state index contributed by atoms with van der Waals surface area (Å²) in [6, 6.07) is 7.53. The molecule has 2 aromatic heterocycles. The summed E-state index contributed by atoms with van der Waals surface area (Å²) in [5.74, 6) is 2.51. The molecular weight excluding hydrogens is 352 g/mol. The van der Waals surface area contributed by atoms with Gasteiger partial charge in [0.1, 0.15) is 5.75 Å². The summed E-state index contributed by atoms with van der Waals surface area (Å²) >= 11 is 7.23. The predicted octanol–water partition coefficient (Wildman–Crippen LogP) is 2.92. The van der Waals surface area contributed by atoms with Gasteiger partial charge in [0.25, 0.3) is 11.1 Å². The van der Waals surface area contributed by atoms with E-state index in [9.17, 15) is 0 Å². The molecule has 24 heavy (non-hydrogen) atoms. The highest BCUT2D eigenvalue weighted by atomic mass is 35.5. The number of hydrogen-bond acceptors (Lipinski definition) is 8. The zero-order valence-corrected chi connectivity index (χ0v) is 14.1. The highest BCUT2D eigenvalue weighted by molar-refractivity contribution is 7.98. The molecule has 0 N–H and O–H groups in total. The summed E-state index contributed by atoms with van der Waals surface area (Å²) in [7, 11) is 0. The standard InChI is InChI=1S/C14H13ClN6O2S/c15-9-1-5-11(6-2-9)22-7-13-17-18-14(23-13)24-8-12-16-19-20-21(12)10-3-4-10/h1-2,5-6,10H,3-4,7-8H2. The van der Waals surface area contributed by atoms with E-state index in [0.717, 1.165) is 18.7 Å². The summed E-state index contributed by atoms with van der Waals surface area (Å²) in [5.41, 5.74) is 0. The number of ether oxygens (including phenoxy) is 1. The fraction of sp³-hybridized carbons (Fsp3) is 0.357. The SMILES string of the molecule is Clc1ccc(OCc2nnc(SCc3nnnn3C3CC3)o2)cc1. The molecule has 1 saturated carbocycles. The van der Waals surface area contributed by atoms with E-state index >= 15 is 0 Å². The van der Waals surface area contributed by atoms with E-state index in [0.29, 0.717) is 33.7 Å². The number of tetrazole rings is 1. The van der Waals surface area contributed by atoms with E-state index in [1.165, 1.54) is 11.8 Å². The van der Waals surface area contributed by atoms with E-state index < -0.39 is 0 Å². The van der Waals surface area contributed by atoms with Crippen molar-refractivity contribution in [2.45, 2.75) is 36.5 Å². The zero-order valence-electron chi connectivity index (χ0n) is 12.5. The number of halogens is 1. The van der Waals surface area contributed by atoms with E-state index in [-0.39, 0.29) is 6.61 Å². The van der Waals surface area contributed by atoms with Crippen molar-refractivity contribution in [2.24, 2.45) is 0 Å². The Labute approximate surface area is 146 Å². The van der Waals surface area contributed by atoms with Gasteiger partial charge < -0.3 is 9.15 Å². The maximum absolute atomic E-state index is 5.83. The molecule has 8 nitrogen and oxygen atoms in total. The smallest absolute Gasteiger partial charge is 0.277 e. The second-order valence-corrected chi connectivity index (χ2v) is 6.63. The molecule has 1 aliphatic carbocycles. The van der Waals surface area contributed by atoms with Crippen LogP contribution in [0.25, 0.3) is 0 Å². The van der Waals surface area contributed by atoms with Crippen molar-refractivity contribution >= 4 is 23.4 Å². The minimum absolute atomic E-state index is 0.203. The molecule has 1 aliphatic rings. The lowest BCUT2D eigenvalue weighted by atomic mass is 10.3. The van der Waals surface area contributed by atoms with E-state index in [1.54, 1.807) is 24.3 Å². The normalized spacial score (nSPS) is 14.0. The lowest BCUT2D eigenvalue weighted by Gasteiger charge is -2.02. The second kappa shape index (κ2) is 6.78. The number of thioether (sulfide) groups is 1. The van der Waals surface area contributed by atoms with Crippen LogP contribution in [0.3, 0.4) is 0 Å². The van der Waals surface area contributed by atoms with Crippen LogP contribution in [0.1, 0.15) is 30.6 Å². The third-order valence-corrected chi connectivity index (χ3v) is 4.47. The van der Waals surface area contributed by atoms with Gasteiger partial charge in [0.15, 0.2) is 12.4 Å². The molecule has 0 saturated heterocycles. The molecule has 0 spiro atoms. The molecule has 0 radical (unpaired) electrons. The molecule has 2 heterocycles. The molecule has 0 amide bonds. The second-order valence-electron chi connectivity index (χ2n) is 5.26. The highest BCUT2D eigenvalue weighted by Gasteiger charge is 2.27. The Kier molecular flexibility index (Phi) is 4.35. The Hall–Kier alpha value is -2.13. The quantitative estimate of drug-likeness (QED) is 0.591. The van der Waals surface area contributed by atoms with Crippen molar-refractivity contribution in [3.8, 4) is 5.75 Å². The summed E-state index contributed by atoms with van der Waals surface area (Å²) in [5, 5.41) is 20.9. The average molecular weight is 365 g/mol. The van der Waals surface area contributed by atoms with Crippen molar-refractivity contribution in [3.63, 3.8) is 0 Å². The van der Waals surface area contributed by atoms with Gasteiger partial charge in [0.2, 0.25) is 0 Å². The number of benzene rings is 1. The first kappa shape index (κ1) is 15.4. The predicted molar refractivity (Wildman–Crippen MR) is 85.7 cm³/mol. The summed E-state index contributed by atoms with van der Waals surface area (Å²) < 4.78 is 13.0. The van der Waals surface area contributed by atoms with Gasteiger partial charge in [0, 0.05) is 5.02 Å². The summed E-state index contributed by atoms with van der Waals surface area (Å²) in [6.45, 7) is 0.203. The Morgan fingerprint density at radius 1 is 1.21 bits per heavy atom. The third kappa shape index (κ3) is 3.68. The first-order chi connectivity index (χ1) is 11.8. The van der Waals surface area contributed by atoms with Crippen molar-refractivity contribution in [2.75, 3.05) is 0 Å². The Morgan fingerprint density at radius 2 is 2.04 bits per heavy atom. The first-order valence-electron chi connectivity index (χ1n) is 7.38. The van der Waals surface area contributed by atoms with E-state index in [4.69, 9.17) is 20.8 Å². The molecule has 4 rings (SSSR count). The maximum atomic E-state index is 5.83. The maximum Gasteiger partial charge on any atom is 0.277 e. The average Bonchev–Trinajstić information content (AvgIpc) is 3.16. The molecule has 0 aliphatic heterocycles. The summed E-state index contributed by atoms with van der Waals surface area (Å²) in [6.07, 6.45) is 2.27. The van der Waals surface area contributed by atoms with Crippen LogP contribution in [0.15, 0.2) is 33.9 Å². The monoisotopic (exact) mass is 364 g/mol. The topological polar surface area (TPSA) is 91.8 Å². The fourth-order valence-corrected chi connectivity index (χ4v) is 2.89. The molecule has 0 atom stereocenters. The van der Waals surface area contributed by atoms with Gasteiger partial charge >= 0.3 is 0 Å². The van der Waals surface area contributed by atoms with Gasteiger partial charge in [-0.25, -0.2) is 4.68 Å². The highest BCUT2D eigenvalue weighted by Crippen LogP contribution is 2.35. The zero-order chi connectivity index (χ0) is 16.4. The van der Waals surface area contributed by atoms with Gasteiger partial charge in [-0.2, -0.15) is 0 Å². The molecule has 0 unspecified atom stereocenters. The van der Waals surface area contributed by atoms with E-state index in [2.05, 4.69) is 25.7 Å². The molecule has 1 aromatic carbocycles. The third-order valence-electron chi connectivity index (χ3n) is 3.40. The van der Waals surface area contributed by atoms with Crippen LogP contribution in [-0.2, 0) is 12.4 Å². The first-order valence-corrected chi connectivity index (χ1v) is 8.74. The molecule has 10 heteroatoms. The molecule has 3 aromatic rings. The molecule has 1 fully saturated rings. The fourth-order valence-electron chi connectivity index (χ4n) is 2.07. The number of aromatic nitrogens is 6. The summed E-state index contributed by atoms with van der Waals surface area (Å²) in [4.78, 5) is 0. The van der Waals surface area contributed by atoms with Crippen LogP contribution in [0.2, 0.25) is 5.02 Å². The van der Waals surface area contributed by atoms with Crippen LogP contribution in [-0.4, -0.2) is 30.4 Å². The van der Waals surface area contributed by atoms with Gasteiger partial charge in [-0.05, 0) is 47.5 Å². The number of nitrogens with zero attached hydrogens (tertiary/aromatic N) is 6. The van der Waals surface area contributed by atoms with Crippen LogP contribution < -0.4 is 4.74 Å². The van der Waals surface area contributed by atoms with E-state index in [1.807, 2.05) is 4.68 Å². The number of rotatable bonds is 7. The minimum Gasteiger partial charge on any atom is -0.484 e. The Balaban J connectivity index is 1.31. The van der Waals surface area contributed by atoms with Crippen LogP contribution >= 0.6 is 23.4 Å². The molecule has 124 valence electrons. The lowest BCUT2D eigenvalue weighted by molar-refractivity contribution is 0.252. The van der Waals surface area contributed by atoms with Crippen molar-refractivity contribution in [3.05, 3.63) is 41.0 Å². The molecular formula is C14H13ClN6O2S. The Bertz CT molecular complexity index is 817. The molecule has 0 bridgehead atoms. The van der Waals surface area contributed by atoms with Gasteiger partial charge in [-0.3, -0.25) is 0 Å². The van der Waals surface area contributed by atoms with Crippen molar-refractivity contribution in [1.82, 2.24) is 30.4 Å².